The molecule has 4 nitrogen and oxygen atoms in total. The second kappa shape index (κ2) is 5.75. The summed E-state index contributed by atoms with van der Waals surface area (Å²) in [5, 5.41) is 10.0. The standard InChI is InChI=1S/C16H28FNO3/c1-14(2,3)21-13(19)18-10-8-15(9-11-18)4-6-16(20,12-17)7-5-15/h20H,4-12H2,1-3H3. The molecule has 1 saturated heterocycles. The minimum absolute atomic E-state index is 0.180. The van der Waals surface area contributed by atoms with Gasteiger partial charge >= 0.3 is 6.09 Å². The molecule has 1 aliphatic heterocycles. The summed E-state index contributed by atoms with van der Waals surface area (Å²) in [6.07, 6.45) is 4.40. The molecule has 0 atom stereocenters. The lowest BCUT2D eigenvalue weighted by Gasteiger charge is -2.47. The van der Waals surface area contributed by atoms with Crippen molar-refractivity contribution in [1.82, 2.24) is 4.90 Å². The summed E-state index contributed by atoms with van der Waals surface area (Å²) in [5.74, 6) is 0. The minimum Gasteiger partial charge on any atom is -0.444 e. The van der Waals surface area contributed by atoms with Gasteiger partial charge < -0.3 is 14.7 Å². The van der Waals surface area contributed by atoms with Crippen molar-refractivity contribution in [3.05, 3.63) is 0 Å². The summed E-state index contributed by atoms with van der Waals surface area (Å²) < 4.78 is 18.2. The van der Waals surface area contributed by atoms with E-state index in [9.17, 15) is 14.3 Å². The molecular weight excluding hydrogens is 273 g/mol. The van der Waals surface area contributed by atoms with E-state index >= 15 is 0 Å². The predicted molar refractivity (Wildman–Crippen MR) is 78.9 cm³/mol. The highest BCUT2D eigenvalue weighted by atomic mass is 19.1. The van der Waals surface area contributed by atoms with Crippen LogP contribution in [0, 0.1) is 5.41 Å². The van der Waals surface area contributed by atoms with Crippen LogP contribution < -0.4 is 0 Å². The Morgan fingerprint density at radius 2 is 1.67 bits per heavy atom. The first-order valence-corrected chi connectivity index (χ1v) is 7.93. The minimum atomic E-state index is -1.10. The molecule has 21 heavy (non-hydrogen) atoms. The van der Waals surface area contributed by atoms with Crippen molar-refractivity contribution in [3.63, 3.8) is 0 Å². The molecule has 1 heterocycles. The Labute approximate surface area is 126 Å². The largest absolute Gasteiger partial charge is 0.444 e. The van der Waals surface area contributed by atoms with E-state index in [0.717, 1.165) is 25.7 Å². The molecule has 0 aromatic heterocycles. The molecule has 0 unspecified atom stereocenters. The fraction of sp³-hybridized carbons (Fsp3) is 0.938. The number of ether oxygens (including phenoxy) is 1. The molecule has 1 saturated carbocycles. The van der Waals surface area contributed by atoms with E-state index in [-0.39, 0.29) is 11.5 Å². The van der Waals surface area contributed by atoms with Crippen LogP contribution in [0.2, 0.25) is 0 Å². The van der Waals surface area contributed by atoms with E-state index in [2.05, 4.69) is 0 Å². The van der Waals surface area contributed by atoms with Crippen LogP contribution in [0.5, 0.6) is 0 Å². The number of alkyl halides is 1. The molecule has 5 heteroatoms. The maximum atomic E-state index is 12.8. The number of hydrogen-bond acceptors (Lipinski definition) is 3. The van der Waals surface area contributed by atoms with Crippen molar-refractivity contribution in [2.75, 3.05) is 19.8 Å². The van der Waals surface area contributed by atoms with Crippen molar-refractivity contribution in [2.45, 2.75) is 70.5 Å². The van der Waals surface area contributed by atoms with E-state index in [4.69, 9.17) is 4.74 Å². The normalized spacial score (nSPS) is 24.9. The lowest BCUT2D eigenvalue weighted by atomic mass is 9.64. The Bertz CT molecular complexity index is 373. The molecule has 0 bridgehead atoms. The Kier molecular flexibility index (Phi) is 4.52. The van der Waals surface area contributed by atoms with Gasteiger partial charge in [-0.05, 0) is 64.7 Å². The molecule has 1 N–H and O–H groups in total. The Balaban J connectivity index is 1.85. The van der Waals surface area contributed by atoms with E-state index in [1.165, 1.54) is 0 Å². The lowest BCUT2D eigenvalue weighted by Crippen LogP contribution is -2.48. The fourth-order valence-corrected chi connectivity index (χ4v) is 3.37. The van der Waals surface area contributed by atoms with Gasteiger partial charge in [0, 0.05) is 13.1 Å². The second-order valence-corrected chi connectivity index (χ2v) is 7.83. The molecular formula is C16H28FNO3. The lowest BCUT2D eigenvalue weighted by molar-refractivity contribution is -0.0655. The number of likely N-dealkylation sites (tertiary alicyclic amines) is 1. The van der Waals surface area contributed by atoms with Crippen molar-refractivity contribution >= 4 is 6.09 Å². The number of carbonyl (C=O) groups is 1. The molecule has 1 amide bonds. The smallest absolute Gasteiger partial charge is 0.410 e. The number of carbonyl (C=O) groups excluding carboxylic acids is 1. The summed E-state index contributed by atoms with van der Waals surface area (Å²) in [4.78, 5) is 13.8. The molecule has 2 fully saturated rings. The highest BCUT2D eigenvalue weighted by molar-refractivity contribution is 5.68. The third-order valence-electron chi connectivity index (χ3n) is 4.97. The van der Waals surface area contributed by atoms with Crippen LogP contribution in [0.25, 0.3) is 0 Å². The van der Waals surface area contributed by atoms with Crippen LogP contribution in [0.1, 0.15) is 59.3 Å². The highest BCUT2D eigenvalue weighted by Crippen LogP contribution is 2.47. The van der Waals surface area contributed by atoms with Gasteiger partial charge in [0.15, 0.2) is 0 Å². The van der Waals surface area contributed by atoms with E-state index in [0.29, 0.717) is 25.9 Å². The van der Waals surface area contributed by atoms with E-state index < -0.39 is 17.9 Å². The van der Waals surface area contributed by atoms with Crippen LogP contribution in [0.15, 0.2) is 0 Å². The zero-order valence-corrected chi connectivity index (χ0v) is 13.5. The number of amides is 1. The van der Waals surface area contributed by atoms with Gasteiger partial charge in [-0.1, -0.05) is 0 Å². The molecule has 122 valence electrons. The summed E-state index contributed by atoms with van der Waals surface area (Å²) in [6, 6.07) is 0. The summed E-state index contributed by atoms with van der Waals surface area (Å²) in [7, 11) is 0. The predicted octanol–water partition coefficient (Wildman–Crippen LogP) is 3.28. The van der Waals surface area contributed by atoms with Gasteiger partial charge in [-0.15, -0.1) is 0 Å². The fourth-order valence-electron chi connectivity index (χ4n) is 3.37. The Morgan fingerprint density at radius 3 is 2.10 bits per heavy atom. The topological polar surface area (TPSA) is 49.8 Å². The van der Waals surface area contributed by atoms with Gasteiger partial charge in [-0.25, -0.2) is 9.18 Å². The third kappa shape index (κ3) is 4.09. The first-order chi connectivity index (χ1) is 9.67. The number of nitrogens with zero attached hydrogens (tertiary/aromatic N) is 1. The molecule has 1 spiro atoms. The average molecular weight is 301 g/mol. The number of hydrogen-bond donors (Lipinski definition) is 1. The zero-order chi connectivity index (χ0) is 15.7. The molecule has 0 radical (unpaired) electrons. The molecule has 0 aromatic rings. The van der Waals surface area contributed by atoms with Crippen molar-refractivity contribution in [2.24, 2.45) is 5.41 Å². The quantitative estimate of drug-likeness (QED) is 0.808. The van der Waals surface area contributed by atoms with Gasteiger partial charge in [0.1, 0.15) is 12.3 Å². The Hall–Kier alpha value is -0.840. The van der Waals surface area contributed by atoms with Crippen LogP contribution in [-0.2, 0) is 4.74 Å². The zero-order valence-electron chi connectivity index (χ0n) is 13.5. The van der Waals surface area contributed by atoms with Crippen LogP contribution in [0.3, 0.4) is 0 Å². The van der Waals surface area contributed by atoms with E-state index in [1.807, 2.05) is 20.8 Å². The van der Waals surface area contributed by atoms with Crippen molar-refractivity contribution < 1.29 is 19.0 Å². The first kappa shape index (κ1) is 16.5. The number of aliphatic hydroxyl groups is 1. The summed E-state index contributed by atoms with van der Waals surface area (Å²) in [5.41, 5.74) is -1.39. The van der Waals surface area contributed by atoms with Gasteiger partial charge in [0.05, 0.1) is 5.60 Å². The maximum absolute atomic E-state index is 12.8. The van der Waals surface area contributed by atoms with E-state index in [1.54, 1.807) is 4.90 Å². The maximum Gasteiger partial charge on any atom is 0.410 e. The van der Waals surface area contributed by atoms with Crippen molar-refractivity contribution in [3.8, 4) is 0 Å². The van der Waals surface area contributed by atoms with Gasteiger partial charge in [-0.3, -0.25) is 0 Å². The van der Waals surface area contributed by atoms with Crippen LogP contribution in [-0.4, -0.2) is 47.1 Å². The number of halogens is 1. The molecule has 2 rings (SSSR count). The highest BCUT2D eigenvalue weighted by Gasteiger charge is 2.44. The SMILES string of the molecule is CC(C)(C)OC(=O)N1CCC2(CC1)CCC(O)(CF)CC2. The number of rotatable bonds is 1. The van der Waals surface area contributed by atoms with Crippen LogP contribution >= 0.6 is 0 Å². The van der Waals surface area contributed by atoms with Gasteiger partial charge in [-0.2, -0.15) is 0 Å². The number of piperidine rings is 1. The van der Waals surface area contributed by atoms with Crippen LogP contribution in [0.4, 0.5) is 9.18 Å². The third-order valence-corrected chi connectivity index (χ3v) is 4.97. The molecule has 0 aromatic carbocycles. The average Bonchev–Trinajstić information content (AvgIpc) is 2.42. The molecule has 2 aliphatic rings. The van der Waals surface area contributed by atoms with Crippen molar-refractivity contribution in [1.29, 1.82) is 0 Å². The van der Waals surface area contributed by atoms with Gasteiger partial charge in [0.2, 0.25) is 0 Å². The Morgan fingerprint density at radius 1 is 1.14 bits per heavy atom. The summed E-state index contributed by atoms with van der Waals surface area (Å²) >= 11 is 0. The van der Waals surface area contributed by atoms with Gasteiger partial charge in [0.25, 0.3) is 0 Å². The first-order valence-electron chi connectivity index (χ1n) is 7.93. The second-order valence-electron chi connectivity index (χ2n) is 7.83. The molecule has 1 aliphatic carbocycles. The summed E-state index contributed by atoms with van der Waals surface area (Å²) in [6.45, 7) is 6.36. The monoisotopic (exact) mass is 301 g/mol.